The Bertz CT molecular complexity index is 581. The maximum atomic E-state index is 11.9. The smallest absolute Gasteiger partial charge is 0.343 e. The van der Waals surface area contributed by atoms with Crippen LogP contribution in [0.2, 0.25) is 0 Å². The maximum absolute atomic E-state index is 11.9. The van der Waals surface area contributed by atoms with Crippen LogP contribution in [-0.2, 0) is 19.1 Å². The summed E-state index contributed by atoms with van der Waals surface area (Å²) in [5.74, 6) is -1.59. The van der Waals surface area contributed by atoms with Crippen LogP contribution in [0.5, 0.6) is 5.75 Å². The van der Waals surface area contributed by atoms with Gasteiger partial charge in [-0.1, -0.05) is 30.4 Å². The molecular formula is C16H18O7. The van der Waals surface area contributed by atoms with Gasteiger partial charge in [0.25, 0.3) is 0 Å². The van der Waals surface area contributed by atoms with Crippen molar-refractivity contribution in [2.24, 2.45) is 0 Å². The molecule has 23 heavy (non-hydrogen) atoms. The molecule has 124 valence electrons. The molecule has 1 aromatic carbocycles. The number of ether oxygens (including phenoxy) is 3. The Morgan fingerprint density at radius 2 is 2.00 bits per heavy atom. The summed E-state index contributed by atoms with van der Waals surface area (Å²) in [4.78, 5) is 23.7. The van der Waals surface area contributed by atoms with Crippen molar-refractivity contribution in [3.05, 3.63) is 42.5 Å². The minimum Gasteiger partial charge on any atom is -0.462 e. The second-order valence-corrected chi connectivity index (χ2v) is 5.07. The molecule has 1 fully saturated rings. The molecule has 0 unspecified atom stereocenters. The number of rotatable bonds is 5. The molecular weight excluding hydrogens is 304 g/mol. The summed E-state index contributed by atoms with van der Waals surface area (Å²) in [6.45, 7) is 5.17. The fourth-order valence-electron chi connectivity index (χ4n) is 1.99. The second-order valence-electron chi connectivity index (χ2n) is 5.07. The van der Waals surface area contributed by atoms with Crippen molar-refractivity contribution in [3.63, 3.8) is 0 Å². The molecule has 1 saturated heterocycles. The van der Waals surface area contributed by atoms with Crippen molar-refractivity contribution < 1.29 is 34.0 Å². The van der Waals surface area contributed by atoms with E-state index < -0.39 is 36.4 Å². The van der Waals surface area contributed by atoms with Gasteiger partial charge in [0, 0.05) is 0 Å². The van der Waals surface area contributed by atoms with Crippen LogP contribution in [0, 0.1) is 6.92 Å². The van der Waals surface area contributed by atoms with Crippen LogP contribution in [0.4, 0.5) is 0 Å². The molecule has 0 amide bonds. The van der Waals surface area contributed by atoms with Gasteiger partial charge in [0.1, 0.15) is 24.6 Å². The third-order valence-corrected chi connectivity index (χ3v) is 3.25. The van der Waals surface area contributed by atoms with Crippen LogP contribution < -0.4 is 4.74 Å². The van der Waals surface area contributed by atoms with Crippen LogP contribution in [0.1, 0.15) is 5.56 Å². The van der Waals surface area contributed by atoms with Gasteiger partial charge in [-0.05, 0) is 19.1 Å². The fourth-order valence-corrected chi connectivity index (χ4v) is 1.99. The Morgan fingerprint density at radius 1 is 1.35 bits per heavy atom. The summed E-state index contributed by atoms with van der Waals surface area (Å²) in [7, 11) is 0. The van der Waals surface area contributed by atoms with E-state index in [1.54, 1.807) is 24.3 Å². The SMILES string of the molecule is C=CCOC(=O)[C@H]1O[C@@H](Oc2ccc(C)cc2)[C@H](O)[C@@H](O)C1=O. The van der Waals surface area contributed by atoms with Crippen LogP contribution in [0.3, 0.4) is 0 Å². The molecule has 1 aliphatic rings. The van der Waals surface area contributed by atoms with E-state index in [9.17, 15) is 19.8 Å². The summed E-state index contributed by atoms with van der Waals surface area (Å²) in [6.07, 6.45) is -5.14. The van der Waals surface area contributed by atoms with Gasteiger partial charge in [-0.2, -0.15) is 0 Å². The van der Waals surface area contributed by atoms with E-state index in [0.717, 1.165) is 5.56 Å². The molecule has 0 aromatic heterocycles. The van der Waals surface area contributed by atoms with Crippen LogP contribution >= 0.6 is 0 Å². The Labute approximate surface area is 133 Å². The van der Waals surface area contributed by atoms with Crippen LogP contribution in [-0.4, -0.2) is 53.2 Å². The average molecular weight is 322 g/mol. The van der Waals surface area contributed by atoms with E-state index in [0.29, 0.717) is 5.75 Å². The lowest BCUT2D eigenvalue weighted by Gasteiger charge is -2.34. The number of benzene rings is 1. The van der Waals surface area contributed by atoms with E-state index in [1.807, 2.05) is 6.92 Å². The van der Waals surface area contributed by atoms with Crippen LogP contribution in [0.25, 0.3) is 0 Å². The van der Waals surface area contributed by atoms with Crippen molar-refractivity contribution in [2.75, 3.05) is 6.61 Å². The third-order valence-electron chi connectivity index (χ3n) is 3.25. The van der Waals surface area contributed by atoms with Crippen molar-refractivity contribution in [2.45, 2.75) is 31.5 Å². The van der Waals surface area contributed by atoms with Gasteiger partial charge in [-0.3, -0.25) is 4.79 Å². The summed E-state index contributed by atoms with van der Waals surface area (Å²) in [5, 5.41) is 19.7. The minimum absolute atomic E-state index is 0.103. The van der Waals surface area contributed by atoms with Gasteiger partial charge in [-0.15, -0.1) is 0 Å². The first kappa shape index (κ1) is 17.1. The van der Waals surface area contributed by atoms with Gasteiger partial charge in [0.05, 0.1) is 0 Å². The highest BCUT2D eigenvalue weighted by Crippen LogP contribution is 2.23. The molecule has 0 saturated carbocycles. The average Bonchev–Trinajstić information content (AvgIpc) is 2.55. The molecule has 7 nitrogen and oxygen atoms in total. The zero-order chi connectivity index (χ0) is 17.0. The number of hydrogen-bond donors (Lipinski definition) is 2. The minimum atomic E-state index is -1.81. The van der Waals surface area contributed by atoms with Crippen molar-refractivity contribution in [3.8, 4) is 5.75 Å². The molecule has 4 atom stereocenters. The Kier molecular flexibility index (Phi) is 5.49. The molecule has 2 rings (SSSR count). The van der Waals surface area contributed by atoms with Gasteiger partial charge in [0.15, 0.2) is 0 Å². The molecule has 0 radical (unpaired) electrons. The number of ketones is 1. The number of carbonyl (C=O) groups excluding carboxylic acids is 2. The van der Waals surface area contributed by atoms with Crippen molar-refractivity contribution in [1.29, 1.82) is 0 Å². The first-order valence-electron chi connectivity index (χ1n) is 7.00. The lowest BCUT2D eigenvalue weighted by atomic mass is 10.0. The molecule has 1 aromatic rings. The topological polar surface area (TPSA) is 102 Å². The molecule has 7 heteroatoms. The highest BCUT2D eigenvalue weighted by Gasteiger charge is 2.48. The molecule has 0 bridgehead atoms. The number of aliphatic hydroxyl groups excluding tert-OH is 2. The lowest BCUT2D eigenvalue weighted by Crippen LogP contribution is -2.59. The van der Waals surface area contributed by atoms with E-state index in [2.05, 4.69) is 6.58 Å². The summed E-state index contributed by atoms with van der Waals surface area (Å²) >= 11 is 0. The first-order chi connectivity index (χ1) is 10.9. The Balaban J connectivity index is 2.12. The largest absolute Gasteiger partial charge is 0.462 e. The van der Waals surface area contributed by atoms with E-state index >= 15 is 0 Å². The highest BCUT2D eigenvalue weighted by molar-refractivity contribution is 6.04. The number of hydrogen-bond acceptors (Lipinski definition) is 7. The number of carbonyl (C=O) groups is 2. The van der Waals surface area contributed by atoms with Crippen LogP contribution in [0.15, 0.2) is 36.9 Å². The lowest BCUT2D eigenvalue weighted by molar-refractivity contribution is -0.230. The fraction of sp³-hybridized carbons (Fsp3) is 0.375. The molecule has 0 aliphatic carbocycles. The molecule has 1 heterocycles. The molecule has 2 N–H and O–H groups in total. The normalized spacial score (nSPS) is 27.3. The predicted molar refractivity (Wildman–Crippen MR) is 78.6 cm³/mol. The van der Waals surface area contributed by atoms with Gasteiger partial charge < -0.3 is 24.4 Å². The highest BCUT2D eigenvalue weighted by atomic mass is 16.7. The maximum Gasteiger partial charge on any atom is 0.343 e. The predicted octanol–water partition coefficient (Wildman–Crippen LogP) is 0.119. The first-order valence-corrected chi connectivity index (χ1v) is 7.00. The van der Waals surface area contributed by atoms with Gasteiger partial charge >= 0.3 is 5.97 Å². The Morgan fingerprint density at radius 3 is 2.61 bits per heavy atom. The summed E-state index contributed by atoms with van der Waals surface area (Å²) in [5.41, 5.74) is 1.00. The zero-order valence-electron chi connectivity index (χ0n) is 12.5. The standard InChI is InChI=1S/C16H18O7/c1-3-8-21-15(20)14-12(18)11(17)13(19)16(23-14)22-10-6-4-9(2)5-7-10/h3-7,11,13-14,16-17,19H,1,8H2,2H3/t11-,13+,14-,16+/m0/s1. The van der Waals surface area contributed by atoms with Crippen molar-refractivity contribution >= 4 is 11.8 Å². The zero-order valence-corrected chi connectivity index (χ0v) is 12.5. The number of aliphatic hydroxyl groups is 2. The molecule has 0 spiro atoms. The quantitative estimate of drug-likeness (QED) is 0.451. The summed E-state index contributed by atoms with van der Waals surface area (Å²) in [6, 6.07) is 6.84. The second kappa shape index (κ2) is 7.36. The Hall–Kier alpha value is -2.22. The van der Waals surface area contributed by atoms with Gasteiger partial charge in [-0.25, -0.2) is 4.79 Å². The summed E-state index contributed by atoms with van der Waals surface area (Å²) < 4.78 is 15.3. The number of aryl methyl sites for hydroxylation is 1. The third kappa shape index (κ3) is 3.95. The number of esters is 1. The molecule has 1 aliphatic heterocycles. The van der Waals surface area contributed by atoms with Crippen molar-refractivity contribution in [1.82, 2.24) is 0 Å². The monoisotopic (exact) mass is 322 g/mol. The van der Waals surface area contributed by atoms with E-state index in [1.165, 1.54) is 6.08 Å². The van der Waals surface area contributed by atoms with Gasteiger partial charge in [0.2, 0.25) is 18.2 Å². The number of Topliss-reactive ketones (excluding diaryl/α,β-unsaturated/α-hetero) is 1. The van der Waals surface area contributed by atoms with E-state index in [4.69, 9.17) is 14.2 Å². The van der Waals surface area contributed by atoms with E-state index in [-0.39, 0.29) is 6.61 Å².